The number of hydrogen-bond donors (Lipinski definition) is 1. The minimum Gasteiger partial charge on any atom is -0.348 e. The molecule has 0 atom stereocenters. The number of aryl methyl sites for hydroxylation is 1. The molecule has 8 heteroatoms. The topological polar surface area (TPSA) is 49.4 Å². The summed E-state index contributed by atoms with van der Waals surface area (Å²) in [7, 11) is 0. The van der Waals surface area contributed by atoms with E-state index < -0.39 is 12.1 Å². The largest absolute Gasteiger partial charge is 0.471 e. The Labute approximate surface area is 143 Å². The van der Waals surface area contributed by atoms with Gasteiger partial charge in [-0.25, -0.2) is 4.39 Å². The van der Waals surface area contributed by atoms with E-state index in [1.165, 1.54) is 12.1 Å². The van der Waals surface area contributed by atoms with E-state index >= 15 is 0 Å². The highest BCUT2D eigenvalue weighted by Crippen LogP contribution is 2.19. The number of carbonyl (C=O) groups excluding carboxylic acids is 2. The van der Waals surface area contributed by atoms with E-state index in [4.69, 9.17) is 0 Å². The number of piperidine rings is 1. The van der Waals surface area contributed by atoms with Crippen LogP contribution in [0.4, 0.5) is 17.6 Å². The van der Waals surface area contributed by atoms with Crippen LogP contribution in [-0.2, 0) is 16.0 Å². The molecule has 2 rings (SSSR count). The van der Waals surface area contributed by atoms with Crippen molar-refractivity contribution in [1.82, 2.24) is 10.2 Å². The molecule has 1 aliphatic heterocycles. The fraction of sp³-hybridized carbons (Fsp3) is 0.529. The third-order valence-electron chi connectivity index (χ3n) is 4.32. The SMILES string of the molecule is O=C(CCc1ccc(F)cc1)N1CCC(CNC(=O)C(F)(F)F)CC1. The molecule has 0 aromatic heterocycles. The van der Waals surface area contributed by atoms with Gasteiger partial charge in [0.15, 0.2) is 0 Å². The highest BCUT2D eigenvalue weighted by Gasteiger charge is 2.38. The quantitative estimate of drug-likeness (QED) is 0.821. The van der Waals surface area contributed by atoms with Crippen LogP contribution < -0.4 is 5.32 Å². The maximum absolute atomic E-state index is 12.8. The number of carbonyl (C=O) groups is 2. The molecule has 0 radical (unpaired) electrons. The maximum atomic E-state index is 12.8. The Kier molecular flexibility index (Phi) is 6.39. The Morgan fingerprint density at radius 1 is 1.12 bits per heavy atom. The second-order valence-corrected chi connectivity index (χ2v) is 6.16. The van der Waals surface area contributed by atoms with E-state index in [2.05, 4.69) is 0 Å². The normalized spacial score (nSPS) is 15.9. The van der Waals surface area contributed by atoms with Gasteiger partial charge in [-0.1, -0.05) is 12.1 Å². The molecule has 25 heavy (non-hydrogen) atoms. The monoisotopic (exact) mass is 360 g/mol. The first-order chi connectivity index (χ1) is 11.8. The van der Waals surface area contributed by atoms with E-state index in [-0.39, 0.29) is 24.2 Å². The van der Waals surface area contributed by atoms with Gasteiger partial charge in [0.25, 0.3) is 0 Å². The highest BCUT2D eigenvalue weighted by atomic mass is 19.4. The lowest BCUT2D eigenvalue weighted by Gasteiger charge is -2.32. The predicted molar refractivity (Wildman–Crippen MR) is 83.1 cm³/mol. The summed E-state index contributed by atoms with van der Waals surface area (Å²) < 4.78 is 49.2. The smallest absolute Gasteiger partial charge is 0.348 e. The lowest BCUT2D eigenvalue weighted by molar-refractivity contribution is -0.173. The molecule has 0 saturated carbocycles. The summed E-state index contributed by atoms with van der Waals surface area (Å²) in [6, 6.07) is 5.97. The molecule has 1 N–H and O–H groups in total. The molecule has 0 bridgehead atoms. The van der Waals surface area contributed by atoms with E-state index in [1.54, 1.807) is 17.0 Å². The van der Waals surface area contributed by atoms with Gasteiger partial charge in [-0.05, 0) is 42.9 Å². The van der Waals surface area contributed by atoms with Crippen LogP contribution in [-0.4, -0.2) is 42.5 Å². The van der Waals surface area contributed by atoms with Crippen molar-refractivity contribution in [2.24, 2.45) is 5.92 Å². The lowest BCUT2D eigenvalue weighted by Crippen LogP contribution is -2.44. The molecule has 0 aliphatic carbocycles. The summed E-state index contributed by atoms with van der Waals surface area (Å²) in [4.78, 5) is 24.7. The zero-order chi connectivity index (χ0) is 18.4. The van der Waals surface area contributed by atoms with Crippen LogP contribution in [0, 0.1) is 11.7 Å². The van der Waals surface area contributed by atoms with Crippen LogP contribution in [0.15, 0.2) is 24.3 Å². The molecule has 0 unspecified atom stereocenters. The Morgan fingerprint density at radius 2 is 1.72 bits per heavy atom. The maximum Gasteiger partial charge on any atom is 0.471 e. The third-order valence-corrected chi connectivity index (χ3v) is 4.32. The van der Waals surface area contributed by atoms with Gasteiger partial charge in [-0.2, -0.15) is 13.2 Å². The van der Waals surface area contributed by atoms with Crippen LogP contribution in [0.1, 0.15) is 24.8 Å². The van der Waals surface area contributed by atoms with Crippen molar-refractivity contribution >= 4 is 11.8 Å². The van der Waals surface area contributed by atoms with E-state index in [9.17, 15) is 27.2 Å². The van der Waals surface area contributed by atoms with Crippen LogP contribution in [0.5, 0.6) is 0 Å². The summed E-state index contributed by atoms with van der Waals surface area (Å²) in [5, 5.41) is 1.89. The molecule has 2 amide bonds. The van der Waals surface area contributed by atoms with Crippen molar-refractivity contribution in [2.45, 2.75) is 31.9 Å². The average molecular weight is 360 g/mol. The third kappa shape index (κ3) is 6.03. The van der Waals surface area contributed by atoms with Gasteiger partial charge in [0, 0.05) is 26.1 Å². The van der Waals surface area contributed by atoms with Crippen molar-refractivity contribution in [3.8, 4) is 0 Å². The zero-order valence-electron chi connectivity index (χ0n) is 13.6. The molecule has 4 nitrogen and oxygen atoms in total. The van der Waals surface area contributed by atoms with Crippen LogP contribution in [0.25, 0.3) is 0 Å². The summed E-state index contributed by atoms with van der Waals surface area (Å²) in [6.45, 7) is 0.902. The second-order valence-electron chi connectivity index (χ2n) is 6.16. The summed E-state index contributed by atoms with van der Waals surface area (Å²) >= 11 is 0. The van der Waals surface area contributed by atoms with Crippen molar-refractivity contribution in [3.63, 3.8) is 0 Å². The Bertz CT molecular complexity index is 594. The number of likely N-dealkylation sites (tertiary alicyclic amines) is 1. The fourth-order valence-electron chi connectivity index (χ4n) is 2.78. The molecule has 1 heterocycles. The van der Waals surface area contributed by atoms with Gasteiger partial charge < -0.3 is 10.2 Å². The predicted octanol–water partition coefficient (Wildman–Crippen LogP) is 2.68. The van der Waals surface area contributed by atoms with E-state index in [1.807, 2.05) is 5.32 Å². The van der Waals surface area contributed by atoms with Gasteiger partial charge in [0.05, 0.1) is 0 Å². The molecule has 1 aromatic rings. The molecular formula is C17H20F4N2O2. The number of rotatable bonds is 5. The molecule has 1 aromatic carbocycles. The number of halogens is 4. The molecule has 138 valence electrons. The number of hydrogen-bond acceptors (Lipinski definition) is 2. The van der Waals surface area contributed by atoms with Gasteiger partial charge >= 0.3 is 12.1 Å². The van der Waals surface area contributed by atoms with Crippen molar-refractivity contribution in [1.29, 1.82) is 0 Å². The average Bonchev–Trinajstić information content (AvgIpc) is 2.58. The van der Waals surface area contributed by atoms with Gasteiger partial charge in [0.1, 0.15) is 5.82 Å². The second kappa shape index (κ2) is 8.31. The van der Waals surface area contributed by atoms with Crippen molar-refractivity contribution in [3.05, 3.63) is 35.6 Å². The summed E-state index contributed by atoms with van der Waals surface area (Å²) in [6.07, 6.45) is -2.93. The number of nitrogens with zero attached hydrogens (tertiary/aromatic N) is 1. The molecule has 0 spiro atoms. The standard InChI is InChI=1S/C17H20F4N2O2/c18-14-4-1-12(2-5-14)3-6-15(24)23-9-7-13(8-10-23)11-22-16(25)17(19,20)21/h1-2,4-5,13H,3,6-11H2,(H,22,25). The number of nitrogens with one attached hydrogen (secondary N) is 1. The lowest BCUT2D eigenvalue weighted by atomic mass is 9.96. The highest BCUT2D eigenvalue weighted by molar-refractivity contribution is 5.81. The Morgan fingerprint density at radius 3 is 2.28 bits per heavy atom. The fourth-order valence-corrected chi connectivity index (χ4v) is 2.78. The first-order valence-corrected chi connectivity index (χ1v) is 8.13. The van der Waals surface area contributed by atoms with Crippen LogP contribution >= 0.6 is 0 Å². The van der Waals surface area contributed by atoms with E-state index in [0.29, 0.717) is 38.8 Å². The molecule has 1 saturated heterocycles. The van der Waals surface area contributed by atoms with Gasteiger partial charge in [0.2, 0.25) is 5.91 Å². The van der Waals surface area contributed by atoms with Crippen LogP contribution in [0.3, 0.4) is 0 Å². The number of amides is 2. The Balaban J connectivity index is 1.69. The summed E-state index contributed by atoms with van der Waals surface area (Å²) in [5.74, 6) is -2.34. The molecule has 1 fully saturated rings. The van der Waals surface area contributed by atoms with E-state index in [0.717, 1.165) is 5.56 Å². The van der Waals surface area contributed by atoms with Crippen molar-refractivity contribution < 1.29 is 27.2 Å². The van der Waals surface area contributed by atoms with Gasteiger partial charge in [-0.3, -0.25) is 9.59 Å². The minimum absolute atomic E-state index is 0.0258. The minimum atomic E-state index is -4.86. The Hall–Kier alpha value is -2.12. The first kappa shape index (κ1) is 19.2. The first-order valence-electron chi connectivity index (χ1n) is 8.13. The van der Waals surface area contributed by atoms with Crippen molar-refractivity contribution in [2.75, 3.05) is 19.6 Å². The van der Waals surface area contributed by atoms with Gasteiger partial charge in [-0.15, -0.1) is 0 Å². The summed E-state index contributed by atoms with van der Waals surface area (Å²) in [5.41, 5.74) is 0.875. The van der Waals surface area contributed by atoms with Crippen LogP contribution in [0.2, 0.25) is 0 Å². The number of alkyl halides is 3. The zero-order valence-corrected chi connectivity index (χ0v) is 13.6. The molecule has 1 aliphatic rings. The molecular weight excluding hydrogens is 340 g/mol. The number of benzene rings is 1.